The average molecular weight is 511 g/mol. The summed E-state index contributed by atoms with van der Waals surface area (Å²) in [5.74, 6) is -2.72. The van der Waals surface area contributed by atoms with Gasteiger partial charge in [0.05, 0.1) is 5.41 Å². The van der Waals surface area contributed by atoms with E-state index < -0.39 is 29.1 Å². The van der Waals surface area contributed by atoms with Crippen LogP contribution in [0.2, 0.25) is 0 Å². The van der Waals surface area contributed by atoms with Crippen molar-refractivity contribution in [2.75, 3.05) is 6.54 Å². The van der Waals surface area contributed by atoms with E-state index in [-0.39, 0.29) is 34.8 Å². The molecule has 0 radical (unpaired) electrons. The predicted octanol–water partition coefficient (Wildman–Crippen LogP) is 2.36. The topological polar surface area (TPSA) is 159 Å². The summed E-state index contributed by atoms with van der Waals surface area (Å²) < 4.78 is 14.6. The first-order chi connectivity index (χ1) is 17.6. The maximum atomic E-state index is 13.5. The second kappa shape index (κ2) is 9.09. The predicted molar refractivity (Wildman–Crippen MR) is 127 cm³/mol. The van der Waals surface area contributed by atoms with Crippen molar-refractivity contribution in [1.82, 2.24) is 30.4 Å². The van der Waals surface area contributed by atoms with Gasteiger partial charge in [0.25, 0.3) is 17.7 Å². The Labute approximate surface area is 211 Å². The number of amides is 2. The van der Waals surface area contributed by atoms with Crippen LogP contribution in [-0.2, 0) is 11.3 Å². The van der Waals surface area contributed by atoms with E-state index in [1.807, 2.05) is 0 Å². The lowest BCUT2D eigenvalue weighted by Gasteiger charge is -2.51. The van der Waals surface area contributed by atoms with Gasteiger partial charge < -0.3 is 20.8 Å². The van der Waals surface area contributed by atoms with E-state index in [0.717, 1.165) is 4.52 Å². The van der Waals surface area contributed by atoms with E-state index in [1.165, 1.54) is 12.1 Å². The maximum absolute atomic E-state index is 13.5. The molecule has 3 aliphatic carbocycles. The van der Waals surface area contributed by atoms with E-state index >= 15 is 0 Å². The largest absolute Gasteiger partial charge is 0.489 e. The van der Waals surface area contributed by atoms with E-state index in [4.69, 9.17) is 0 Å². The Morgan fingerprint density at radius 3 is 2.41 bits per heavy atom. The molecule has 1 aromatic carbocycles. The monoisotopic (exact) mass is 510 g/mol. The summed E-state index contributed by atoms with van der Waals surface area (Å²) in [6.45, 7) is 2.09. The minimum Gasteiger partial charge on any atom is -0.489 e. The summed E-state index contributed by atoms with van der Waals surface area (Å²) in [5.41, 5.74) is 0.0380. The first kappa shape index (κ1) is 24.6. The Hall–Kier alpha value is -4.09. The number of carbonyl (C=O) groups excluding carboxylic acids is 2. The third kappa shape index (κ3) is 4.47. The van der Waals surface area contributed by atoms with Crippen LogP contribution in [0, 0.1) is 23.6 Å². The molecule has 2 amide bonds. The molecule has 0 spiro atoms. The zero-order valence-corrected chi connectivity index (χ0v) is 20.3. The molecule has 3 fully saturated rings. The number of nitrogens with zero attached hydrogens (tertiary/aromatic N) is 4. The molecule has 11 nitrogen and oxygen atoms in total. The zero-order chi connectivity index (χ0) is 26.4. The Morgan fingerprint density at radius 2 is 1.76 bits per heavy atom. The first-order valence-corrected chi connectivity index (χ1v) is 12.1. The lowest BCUT2D eigenvalue weighted by atomic mass is 9.53. The minimum absolute atomic E-state index is 0.0246. The normalized spacial score (nSPS) is 22.6. The van der Waals surface area contributed by atoms with Crippen molar-refractivity contribution in [2.45, 2.75) is 52.0 Å². The SMILES string of the molecule is Cc1cc(CNC(=O)c2cc(C(=O)NCC34CCC(C(=O)O)(CC3)CC4)n3nnc(O)c3n2)ccc1F. The number of aryl methyl sites for hydroxylation is 1. The molecule has 6 rings (SSSR count). The minimum atomic E-state index is -0.740. The van der Waals surface area contributed by atoms with Crippen LogP contribution in [0.1, 0.15) is 70.6 Å². The Kier molecular flexibility index (Phi) is 6.04. The van der Waals surface area contributed by atoms with Gasteiger partial charge in [-0.1, -0.05) is 22.4 Å². The second-order valence-electron chi connectivity index (χ2n) is 10.2. The standard InChI is InChI=1S/C25H27FN6O5/c1-14-10-15(2-3-16(14)26)12-27-20(33)17-11-18(32-19(29-17)22(35)30-31-32)21(34)28-13-24-4-7-25(8-5-24,9-6-24)23(36)37/h2-3,10-11,35H,4-9,12-13H2,1H3,(H,27,33)(H,28,34)(H,36,37). The number of aliphatic carboxylic acids is 1. The number of carbonyl (C=O) groups is 3. The van der Waals surface area contributed by atoms with Gasteiger partial charge >= 0.3 is 5.97 Å². The highest BCUT2D eigenvalue weighted by atomic mass is 19.1. The number of benzene rings is 1. The molecular formula is C25H27FN6O5. The van der Waals surface area contributed by atoms with Gasteiger partial charge in [0.15, 0.2) is 0 Å². The molecule has 2 bridgehead atoms. The molecule has 37 heavy (non-hydrogen) atoms. The lowest BCUT2D eigenvalue weighted by Crippen LogP contribution is -2.50. The molecule has 0 unspecified atom stereocenters. The third-order valence-corrected chi connectivity index (χ3v) is 7.98. The van der Waals surface area contributed by atoms with Crippen LogP contribution < -0.4 is 10.6 Å². The highest BCUT2D eigenvalue weighted by molar-refractivity contribution is 5.98. The maximum Gasteiger partial charge on any atom is 0.309 e. The number of hydrogen-bond acceptors (Lipinski definition) is 7. The van der Waals surface area contributed by atoms with Crippen LogP contribution in [0.5, 0.6) is 5.88 Å². The fraction of sp³-hybridized carbons (Fsp3) is 0.440. The van der Waals surface area contributed by atoms with E-state index in [9.17, 15) is 29.0 Å². The van der Waals surface area contributed by atoms with Crippen LogP contribution in [-0.4, -0.2) is 54.4 Å². The zero-order valence-electron chi connectivity index (χ0n) is 20.3. The Balaban J connectivity index is 1.32. The molecule has 12 heteroatoms. The van der Waals surface area contributed by atoms with Gasteiger partial charge in [0, 0.05) is 19.2 Å². The van der Waals surface area contributed by atoms with Crippen molar-refractivity contribution in [1.29, 1.82) is 0 Å². The van der Waals surface area contributed by atoms with Crippen LogP contribution >= 0.6 is 0 Å². The molecular weight excluding hydrogens is 483 g/mol. The number of nitrogens with one attached hydrogen (secondary N) is 2. The number of fused-ring (bicyclic) bond motifs is 4. The molecule has 3 aromatic rings. The van der Waals surface area contributed by atoms with Crippen LogP contribution in [0.25, 0.3) is 5.65 Å². The highest BCUT2D eigenvalue weighted by Gasteiger charge is 2.52. The number of aromatic hydroxyl groups is 1. The van der Waals surface area contributed by atoms with Gasteiger partial charge in [-0.25, -0.2) is 9.37 Å². The third-order valence-electron chi connectivity index (χ3n) is 7.98. The number of carboxylic acid groups (broad SMARTS) is 1. The number of aromatic nitrogens is 4. The molecule has 3 saturated carbocycles. The molecule has 0 aliphatic heterocycles. The molecule has 194 valence electrons. The van der Waals surface area contributed by atoms with Crippen LogP contribution in [0.15, 0.2) is 24.3 Å². The van der Waals surface area contributed by atoms with Crippen molar-refractivity contribution in [3.8, 4) is 5.88 Å². The first-order valence-electron chi connectivity index (χ1n) is 12.1. The summed E-state index contributed by atoms with van der Waals surface area (Å²) >= 11 is 0. The average Bonchev–Trinajstić information content (AvgIpc) is 3.28. The van der Waals surface area contributed by atoms with Crippen molar-refractivity contribution >= 4 is 23.4 Å². The van der Waals surface area contributed by atoms with Gasteiger partial charge in [-0.05, 0) is 68.1 Å². The van der Waals surface area contributed by atoms with Crippen molar-refractivity contribution in [2.24, 2.45) is 10.8 Å². The summed E-state index contributed by atoms with van der Waals surface area (Å²) in [6.07, 6.45) is 3.91. The number of carboxylic acids is 1. The molecule has 3 aliphatic rings. The van der Waals surface area contributed by atoms with Crippen molar-refractivity contribution in [3.63, 3.8) is 0 Å². The van der Waals surface area contributed by atoms with E-state index in [1.54, 1.807) is 19.1 Å². The van der Waals surface area contributed by atoms with Gasteiger partial charge in [0.2, 0.25) is 5.65 Å². The number of hydrogen-bond donors (Lipinski definition) is 4. The Morgan fingerprint density at radius 1 is 1.05 bits per heavy atom. The van der Waals surface area contributed by atoms with Crippen LogP contribution in [0.4, 0.5) is 4.39 Å². The summed E-state index contributed by atoms with van der Waals surface area (Å²) in [5, 5.41) is 32.6. The molecule has 2 aromatic heterocycles. The quantitative estimate of drug-likeness (QED) is 0.377. The molecule has 2 heterocycles. The Bertz CT molecular complexity index is 1400. The fourth-order valence-electron chi connectivity index (χ4n) is 5.44. The fourth-order valence-corrected chi connectivity index (χ4v) is 5.44. The molecule has 0 saturated heterocycles. The van der Waals surface area contributed by atoms with E-state index in [2.05, 4.69) is 25.9 Å². The molecule has 0 atom stereocenters. The number of halogens is 1. The smallest absolute Gasteiger partial charge is 0.309 e. The van der Waals surface area contributed by atoms with Crippen LogP contribution in [0.3, 0.4) is 0 Å². The van der Waals surface area contributed by atoms with Gasteiger partial charge in [-0.2, -0.15) is 4.52 Å². The second-order valence-corrected chi connectivity index (χ2v) is 10.2. The van der Waals surface area contributed by atoms with E-state index in [0.29, 0.717) is 56.2 Å². The highest BCUT2D eigenvalue weighted by Crippen LogP contribution is 2.56. The van der Waals surface area contributed by atoms with Gasteiger partial charge in [-0.15, -0.1) is 0 Å². The van der Waals surface area contributed by atoms with Crippen molar-refractivity contribution in [3.05, 3.63) is 52.6 Å². The molecule has 4 N–H and O–H groups in total. The number of rotatable bonds is 7. The lowest BCUT2D eigenvalue weighted by molar-refractivity contribution is -0.158. The van der Waals surface area contributed by atoms with Crippen molar-refractivity contribution < 1.29 is 29.0 Å². The van der Waals surface area contributed by atoms with Gasteiger partial charge in [-0.3, -0.25) is 14.4 Å². The summed E-state index contributed by atoms with van der Waals surface area (Å²) in [4.78, 5) is 41.9. The summed E-state index contributed by atoms with van der Waals surface area (Å²) in [7, 11) is 0. The summed E-state index contributed by atoms with van der Waals surface area (Å²) in [6, 6.07) is 5.77. The van der Waals surface area contributed by atoms with Gasteiger partial charge in [0.1, 0.15) is 17.2 Å².